The predicted octanol–water partition coefficient (Wildman–Crippen LogP) is 2.20. The molecule has 0 aliphatic carbocycles. The highest BCUT2D eigenvalue weighted by Gasteiger charge is 2.19. The van der Waals surface area contributed by atoms with E-state index in [0.29, 0.717) is 0 Å². The number of aromatic hydroxyl groups is 1. The normalized spacial score (nSPS) is 10.4. The maximum atomic E-state index is 11.9. The molecule has 0 saturated carbocycles. The fraction of sp³-hybridized carbons (Fsp3) is 0.167. The lowest BCUT2D eigenvalue weighted by Gasteiger charge is -2.06. The van der Waals surface area contributed by atoms with Gasteiger partial charge in [-0.2, -0.15) is 4.68 Å². The zero-order valence-electron chi connectivity index (χ0n) is 11.9. The molecule has 0 spiro atoms. The molecule has 12 heteroatoms. The molecule has 0 bridgehead atoms. The molecule has 1 aromatic carbocycles. The Hall–Kier alpha value is -3.02. The Kier molecular flexibility index (Phi) is 5.08. The van der Waals surface area contributed by atoms with Crippen molar-refractivity contribution in [1.29, 1.82) is 0 Å². The summed E-state index contributed by atoms with van der Waals surface area (Å²) in [5, 5.41) is 37.0. The third-order valence-electron chi connectivity index (χ3n) is 2.91. The topological polar surface area (TPSA) is 153 Å². The number of hydrogen-bond acceptors (Lipinski definition) is 7. The molecule has 1 aromatic heterocycles. The highest BCUT2D eigenvalue weighted by Crippen LogP contribution is 2.28. The van der Waals surface area contributed by atoms with Gasteiger partial charge in [-0.15, -0.1) is 0 Å². The van der Waals surface area contributed by atoms with E-state index >= 15 is 0 Å². The molecule has 0 fully saturated rings. The van der Waals surface area contributed by atoms with Crippen LogP contribution >= 0.6 is 15.9 Å². The van der Waals surface area contributed by atoms with Gasteiger partial charge in [-0.05, 0) is 26.9 Å². The van der Waals surface area contributed by atoms with Gasteiger partial charge in [0.05, 0.1) is 28.5 Å². The first-order valence-corrected chi connectivity index (χ1v) is 7.22. The standard InChI is InChI=1S/C12H10BrN5O6/c13-8-6-16(15-12(8)18(23)24)4-3-11(20)14-9-5-7(17(21)22)1-2-10(9)19/h1-2,5-6,19H,3-4H2,(H,14,20). The average Bonchev–Trinajstić information content (AvgIpc) is 2.88. The highest BCUT2D eigenvalue weighted by atomic mass is 79.9. The summed E-state index contributed by atoms with van der Waals surface area (Å²) in [5.74, 6) is -1.22. The van der Waals surface area contributed by atoms with Crippen LogP contribution in [0.25, 0.3) is 0 Å². The number of carbonyl (C=O) groups excluding carboxylic acids is 1. The minimum absolute atomic E-state index is 0.0496. The number of nitrogens with one attached hydrogen (secondary N) is 1. The molecule has 0 unspecified atom stereocenters. The lowest BCUT2D eigenvalue weighted by molar-refractivity contribution is -0.390. The van der Waals surface area contributed by atoms with E-state index in [0.717, 1.165) is 18.2 Å². The monoisotopic (exact) mass is 399 g/mol. The Morgan fingerprint density at radius 1 is 1.33 bits per heavy atom. The van der Waals surface area contributed by atoms with Crippen LogP contribution in [0.5, 0.6) is 5.75 Å². The summed E-state index contributed by atoms with van der Waals surface area (Å²) in [4.78, 5) is 31.9. The van der Waals surface area contributed by atoms with Crippen molar-refractivity contribution in [2.24, 2.45) is 0 Å². The van der Waals surface area contributed by atoms with Gasteiger partial charge in [-0.3, -0.25) is 14.9 Å². The number of phenols is 1. The number of rotatable bonds is 6. The Labute approximate surface area is 142 Å². The number of halogens is 1. The van der Waals surface area contributed by atoms with Gasteiger partial charge >= 0.3 is 5.82 Å². The number of phenolic OH excluding ortho intramolecular Hbond substituents is 1. The second-order valence-electron chi connectivity index (χ2n) is 4.58. The Morgan fingerprint density at radius 3 is 2.62 bits per heavy atom. The van der Waals surface area contributed by atoms with E-state index < -0.39 is 15.8 Å². The SMILES string of the molecule is O=C(CCn1cc(Br)c([N+](=O)[O-])n1)Nc1cc([N+](=O)[O-])ccc1O. The van der Waals surface area contributed by atoms with Crippen LogP contribution in [0.2, 0.25) is 0 Å². The molecule has 0 aliphatic heterocycles. The van der Waals surface area contributed by atoms with Crippen LogP contribution in [0.15, 0.2) is 28.9 Å². The lowest BCUT2D eigenvalue weighted by Crippen LogP contribution is -2.15. The lowest BCUT2D eigenvalue weighted by atomic mass is 10.2. The molecular weight excluding hydrogens is 390 g/mol. The largest absolute Gasteiger partial charge is 0.506 e. The molecule has 11 nitrogen and oxygen atoms in total. The third-order valence-corrected chi connectivity index (χ3v) is 3.46. The van der Waals surface area contributed by atoms with Crippen LogP contribution in [0.3, 0.4) is 0 Å². The molecule has 126 valence electrons. The summed E-state index contributed by atoms with van der Waals surface area (Å²) in [6.45, 7) is 0.0496. The van der Waals surface area contributed by atoms with Crippen molar-refractivity contribution >= 4 is 39.0 Å². The number of nitro groups is 2. The van der Waals surface area contributed by atoms with E-state index in [-0.39, 0.29) is 40.4 Å². The Morgan fingerprint density at radius 2 is 2.04 bits per heavy atom. The first kappa shape index (κ1) is 17.3. The zero-order valence-corrected chi connectivity index (χ0v) is 13.5. The Bertz CT molecular complexity index is 820. The summed E-state index contributed by atoms with van der Waals surface area (Å²) in [6.07, 6.45) is 1.25. The van der Waals surface area contributed by atoms with Crippen molar-refractivity contribution < 1.29 is 19.7 Å². The second kappa shape index (κ2) is 7.04. The number of aryl methyl sites for hydroxylation is 1. The molecule has 2 rings (SSSR count). The number of amides is 1. The van der Waals surface area contributed by atoms with Crippen LogP contribution in [-0.4, -0.2) is 30.6 Å². The molecule has 0 radical (unpaired) electrons. The summed E-state index contributed by atoms with van der Waals surface area (Å²) < 4.78 is 1.40. The summed E-state index contributed by atoms with van der Waals surface area (Å²) in [5.41, 5.74) is -0.378. The third kappa shape index (κ3) is 4.04. The number of hydrogen-bond donors (Lipinski definition) is 2. The van der Waals surface area contributed by atoms with E-state index in [2.05, 4.69) is 26.3 Å². The first-order valence-electron chi connectivity index (χ1n) is 6.42. The molecule has 1 amide bonds. The summed E-state index contributed by atoms with van der Waals surface area (Å²) >= 11 is 2.99. The minimum atomic E-state index is -0.665. The van der Waals surface area contributed by atoms with Crippen LogP contribution < -0.4 is 5.32 Å². The van der Waals surface area contributed by atoms with E-state index in [9.17, 15) is 30.1 Å². The number of aromatic nitrogens is 2. The highest BCUT2D eigenvalue weighted by molar-refractivity contribution is 9.10. The summed E-state index contributed by atoms with van der Waals surface area (Å²) in [6, 6.07) is 3.23. The van der Waals surface area contributed by atoms with Crippen molar-refractivity contribution in [2.75, 3.05) is 5.32 Å². The van der Waals surface area contributed by atoms with Gasteiger partial charge in [-0.25, -0.2) is 0 Å². The predicted molar refractivity (Wildman–Crippen MR) is 84.6 cm³/mol. The number of anilines is 1. The number of benzene rings is 1. The molecule has 0 aliphatic rings. The number of non-ortho nitro benzene ring substituents is 1. The van der Waals surface area contributed by atoms with Crippen LogP contribution in [-0.2, 0) is 11.3 Å². The molecule has 2 aromatic rings. The number of nitrogens with zero attached hydrogens (tertiary/aromatic N) is 4. The quantitative estimate of drug-likeness (QED) is 0.428. The molecule has 1 heterocycles. The van der Waals surface area contributed by atoms with Gasteiger partial charge in [0.25, 0.3) is 5.69 Å². The van der Waals surface area contributed by atoms with Crippen molar-refractivity contribution in [1.82, 2.24) is 9.78 Å². The Balaban J connectivity index is 2.01. The van der Waals surface area contributed by atoms with Crippen molar-refractivity contribution in [2.45, 2.75) is 13.0 Å². The van der Waals surface area contributed by atoms with Crippen LogP contribution in [0.4, 0.5) is 17.2 Å². The fourth-order valence-electron chi connectivity index (χ4n) is 1.79. The van der Waals surface area contributed by atoms with E-state index in [1.54, 1.807) is 0 Å². The van der Waals surface area contributed by atoms with Crippen LogP contribution in [0.1, 0.15) is 6.42 Å². The van der Waals surface area contributed by atoms with Crippen molar-refractivity contribution in [3.8, 4) is 5.75 Å². The number of carbonyl (C=O) groups is 1. The fourth-order valence-corrected chi connectivity index (χ4v) is 2.25. The van der Waals surface area contributed by atoms with E-state index in [1.165, 1.54) is 10.9 Å². The molecule has 24 heavy (non-hydrogen) atoms. The van der Waals surface area contributed by atoms with Gasteiger partial charge < -0.3 is 20.5 Å². The first-order chi connectivity index (χ1) is 11.3. The van der Waals surface area contributed by atoms with Crippen LogP contribution in [0, 0.1) is 20.2 Å². The zero-order chi connectivity index (χ0) is 17.9. The molecule has 2 N–H and O–H groups in total. The minimum Gasteiger partial charge on any atom is -0.506 e. The molecular formula is C12H10BrN5O6. The maximum Gasteiger partial charge on any atom is 0.404 e. The van der Waals surface area contributed by atoms with Gasteiger partial charge in [0.15, 0.2) is 0 Å². The van der Waals surface area contributed by atoms with Gasteiger partial charge in [0.1, 0.15) is 10.2 Å². The summed E-state index contributed by atoms with van der Waals surface area (Å²) in [7, 11) is 0. The van der Waals surface area contributed by atoms with E-state index in [4.69, 9.17) is 0 Å². The van der Waals surface area contributed by atoms with Gasteiger partial charge in [0.2, 0.25) is 5.91 Å². The van der Waals surface area contributed by atoms with E-state index in [1.807, 2.05) is 0 Å². The average molecular weight is 400 g/mol. The molecule has 0 saturated heterocycles. The maximum absolute atomic E-state index is 11.9. The van der Waals surface area contributed by atoms with Crippen molar-refractivity contribution in [3.63, 3.8) is 0 Å². The number of nitro benzene ring substituents is 1. The molecule has 0 atom stereocenters. The van der Waals surface area contributed by atoms with Gasteiger partial charge in [-0.1, -0.05) is 0 Å². The smallest absolute Gasteiger partial charge is 0.404 e. The second-order valence-corrected chi connectivity index (χ2v) is 5.43. The van der Waals surface area contributed by atoms with Crippen molar-refractivity contribution in [3.05, 3.63) is 49.1 Å². The van der Waals surface area contributed by atoms with Gasteiger partial charge in [0, 0.05) is 18.6 Å².